The van der Waals surface area contributed by atoms with Gasteiger partial charge in [-0.05, 0) is 18.2 Å². The highest BCUT2D eigenvalue weighted by Gasteiger charge is 2.17. The predicted molar refractivity (Wildman–Crippen MR) is 89.6 cm³/mol. The summed E-state index contributed by atoms with van der Waals surface area (Å²) >= 11 is 7.70. The van der Waals surface area contributed by atoms with Crippen LogP contribution in [0.1, 0.15) is 16.8 Å². The van der Waals surface area contributed by atoms with Gasteiger partial charge in [-0.1, -0.05) is 11.6 Å². The molecule has 21 heavy (non-hydrogen) atoms. The number of amides is 2. The van der Waals surface area contributed by atoms with E-state index in [9.17, 15) is 9.59 Å². The third-order valence-electron chi connectivity index (χ3n) is 2.95. The molecule has 8 heteroatoms. The van der Waals surface area contributed by atoms with E-state index in [0.29, 0.717) is 12.1 Å². The number of carbonyl (C=O) groups excluding carboxylic acids is 2. The largest absolute Gasteiger partial charge is 0.366 e. The van der Waals surface area contributed by atoms with E-state index < -0.39 is 5.91 Å². The Morgan fingerprint density at radius 3 is 2.86 bits per heavy atom. The Morgan fingerprint density at radius 2 is 2.24 bits per heavy atom. The fraction of sp³-hybridized carbons (Fsp3) is 0.385. The fourth-order valence-corrected chi connectivity index (χ4v) is 3.14. The molecule has 0 spiro atoms. The monoisotopic (exact) mass is 349 g/mol. The van der Waals surface area contributed by atoms with Crippen molar-refractivity contribution in [3.63, 3.8) is 0 Å². The van der Waals surface area contributed by atoms with Gasteiger partial charge >= 0.3 is 0 Å². The van der Waals surface area contributed by atoms with Crippen LogP contribution in [0.4, 0.5) is 5.69 Å². The molecule has 1 heterocycles. The molecule has 1 aromatic rings. The van der Waals surface area contributed by atoms with Crippen LogP contribution in [-0.4, -0.2) is 35.9 Å². The molecule has 0 aliphatic carbocycles. The summed E-state index contributed by atoms with van der Waals surface area (Å²) in [4.78, 5) is 23.1. The van der Waals surface area contributed by atoms with Gasteiger partial charge in [-0.15, -0.1) is 12.4 Å². The number of primary amides is 1. The van der Waals surface area contributed by atoms with Gasteiger partial charge in [-0.2, -0.15) is 11.8 Å². The summed E-state index contributed by atoms with van der Waals surface area (Å²) in [6, 6.07) is 4.88. The topological polar surface area (TPSA) is 84.2 Å². The predicted octanol–water partition coefficient (Wildman–Crippen LogP) is 1.89. The minimum absolute atomic E-state index is 0. The van der Waals surface area contributed by atoms with Gasteiger partial charge in [0.2, 0.25) is 11.8 Å². The number of anilines is 1. The first kappa shape index (κ1) is 18.1. The molecule has 1 atom stereocenters. The molecule has 1 fully saturated rings. The molecule has 1 unspecified atom stereocenters. The maximum Gasteiger partial charge on any atom is 0.250 e. The van der Waals surface area contributed by atoms with Crippen LogP contribution in [0.25, 0.3) is 0 Å². The van der Waals surface area contributed by atoms with E-state index in [1.807, 2.05) is 11.8 Å². The van der Waals surface area contributed by atoms with Crippen LogP contribution in [0.3, 0.4) is 0 Å². The van der Waals surface area contributed by atoms with Crippen LogP contribution in [0.5, 0.6) is 0 Å². The van der Waals surface area contributed by atoms with Gasteiger partial charge in [0, 0.05) is 36.2 Å². The zero-order chi connectivity index (χ0) is 14.5. The number of hydrogen-bond donors (Lipinski definition) is 3. The lowest BCUT2D eigenvalue weighted by molar-refractivity contribution is -0.116. The molecule has 2 rings (SSSR count). The van der Waals surface area contributed by atoms with Crippen LogP contribution in [0.2, 0.25) is 5.02 Å². The first-order valence-corrected chi connectivity index (χ1v) is 7.80. The van der Waals surface area contributed by atoms with Crippen molar-refractivity contribution in [2.75, 3.05) is 23.4 Å². The van der Waals surface area contributed by atoms with Crippen molar-refractivity contribution in [1.29, 1.82) is 0 Å². The molecule has 1 aromatic carbocycles. The van der Waals surface area contributed by atoms with Gasteiger partial charge in [0.1, 0.15) is 0 Å². The average Bonchev–Trinajstić information content (AvgIpc) is 2.41. The van der Waals surface area contributed by atoms with Crippen molar-refractivity contribution in [1.82, 2.24) is 5.32 Å². The highest BCUT2D eigenvalue weighted by atomic mass is 35.5. The first-order chi connectivity index (χ1) is 9.56. The maximum absolute atomic E-state index is 11.9. The fourth-order valence-electron chi connectivity index (χ4n) is 1.98. The van der Waals surface area contributed by atoms with Crippen LogP contribution in [-0.2, 0) is 4.79 Å². The number of thioether (sulfide) groups is 1. The van der Waals surface area contributed by atoms with E-state index in [0.717, 1.165) is 18.1 Å². The number of nitrogens with one attached hydrogen (secondary N) is 2. The molecule has 1 aliphatic rings. The molecule has 5 nitrogen and oxygen atoms in total. The van der Waals surface area contributed by atoms with Crippen LogP contribution in [0.15, 0.2) is 18.2 Å². The second-order valence-corrected chi connectivity index (χ2v) is 6.09. The number of rotatable bonds is 4. The summed E-state index contributed by atoms with van der Waals surface area (Å²) in [6.45, 7) is 0.926. The molecular weight excluding hydrogens is 333 g/mol. The lowest BCUT2D eigenvalue weighted by Crippen LogP contribution is -2.39. The Bertz CT molecular complexity index is 522. The summed E-state index contributed by atoms with van der Waals surface area (Å²) in [5.74, 6) is 1.30. The molecule has 116 valence electrons. The molecule has 0 bridgehead atoms. The molecule has 1 aliphatic heterocycles. The lowest BCUT2D eigenvalue weighted by atomic mass is 10.1. The smallest absolute Gasteiger partial charge is 0.250 e. The number of nitrogens with two attached hydrogens (primary N) is 1. The quantitative estimate of drug-likeness (QED) is 0.774. The summed E-state index contributed by atoms with van der Waals surface area (Å²) in [5.41, 5.74) is 5.94. The summed E-state index contributed by atoms with van der Waals surface area (Å²) in [6.07, 6.45) is 0.404. The molecular formula is C13H17Cl2N3O2S. The van der Waals surface area contributed by atoms with E-state index in [4.69, 9.17) is 17.3 Å². The Balaban J connectivity index is 0.00000220. The van der Waals surface area contributed by atoms with E-state index >= 15 is 0 Å². The van der Waals surface area contributed by atoms with Gasteiger partial charge in [0.15, 0.2) is 0 Å². The molecule has 1 saturated heterocycles. The summed E-state index contributed by atoms with van der Waals surface area (Å²) < 4.78 is 0. The average molecular weight is 350 g/mol. The zero-order valence-electron chi connectivity index (χ0n) is 11.2. The molecule has 0 saturated carbocycles. The second-order valence-electron chi connectivity index (χ2n) is 4.54. The number of carbonyl (C=O) groups is 2. The molecule has 4 N–H and O–H groups in total. The minimum Gasteiger partial charge on any atom is -0.366 e. The third-order valence-corrected chi connectivity index (χ3v) is 4.41. The van der Waals surface area contributed by atoms with Crippen molar-refractivity contribution in [2.24, 2.45) is 5.73 Å². The Morgan fingerprint density at radius 1 is 1.48 bits per heavy atom. The second kappa shape index (κ2) is 8.48. The molecule has 0 aromatic heterocycles. The van der Waals surface area contributed by atoms with E-state index in [2.05, 4.69) is 10.6 Å². The molecule has 2 amide bonds. The summed E-state index contributed by atoms with van der Waals surface area (Å²) in [5, 5.41) is 6.33. The molecule has 0 radical (unpaired) electrons. The Labute approximate surface area is 138 Å². The number of benzene rings is 1. The van der Waals surface area contributed by atoms with Crippen molar-refractivity contribution < 1.29 is 9.59 Å². The first-order valence-electron chi connectivity index (χ1n) is 6.26. The Hall–Kier alpha value is -0.950. The normalized spacial score (nSPS) is 17.7. The van der Waals surface area contributed by atoms with Crippen molar-refractivity contribution in [3.8, 4) is 0 Å². The van der Waals surface area contributed by atoms with E-state index in [-0.39, 0.29) is 34.9 Å². The van der Waals surface area contributed by atoms with E-state index in [1.54, 1.807) is 12.1 Å². The van der Waals surface area contributed by atoms with Gasteiger partial charge < -0.3 is 16.4 Å². The maximum atomic E-state index is 11.9. The highest BCUT2D eigenvalue weighted by molar-refractivity contribution is 7.99. The lowest BCUT2D eigenvalue weighted by Gasteiger charge is -2.22. The number of hydrogen-bond acceptors (Lipinski definition) is 4. The van der Waals surface area contributed by atoms with Crippen LogP contribution >= 0.6 is 35.8 Å². The SMILES string of the molecule is Cl.NC(=O)c1cc(NC(=O)CC2CSCCN2)ccc1Cl. The van der Waals surface area contributed by atoms with Crippen molar-refractivity contribution >= 4 is 53.3 Å². The minimum atomic E-state index is -0.614. The van der Waals surface area contributed by atoms with Crippen molar-refractivity contribution in [3.05, 3.63) is 28.8 Å². The summed E-state index contributed by atoms with van der Waals surface area (Å²) in [7, 11) is 0. The third kappa shape index (κ3) is 5.39. The van der Waals surface area contributed by atoms with Gasteiger partial charge in [-0.25, -0.2) is 0 Å². The van der Waals surface area contributed by atoms with Crippen LogP contribution in [0, 0.1) is 0 Å². The van der Waals surface area contributed by atoms with Crippen LogP contribution < -0.4 is 16.4 Å². The Kier molecular flexibility index (Phi) is 7.31. The standard InChI is InChI=1S/C13H16ClN3O2S.ClH/c14-11-2-1-8(5-10(11)13(15)19)17-12(18)6-9-7-20-4-3-16-9;/h1-2,5,9,16H,3-4,6-7H2,(H2,15,19)(H,17,18);1H. The van der Waals surface area contributed by atoms with Gasteiger partial charge in [0.05, 0.1) is 10.6 Å². The highest BCUT2D eigenvalue weighted by Crippen LogP contribution is 2.20. The van der Waals surface area contributed by atoms with Gasteiger partial charge in [-0.3, -0.25) is 9.59 Å². The van der Waals surface area contributed by atoms with Crippen molar-refractivity contribution in [2.45, 2.75) is 12.5 Å². The number of halogens is 2. The zero-order valence-corrected chi connectivity index (χ0v) is 13.6. The van der Waals surface area contributed by atoms with E-state index in [1.165, 1.54) is 6.07 Å². The van der Waals surface area contributed by atoms with Gasteiger partial charge in [0.25, 0.3) is 0 Å².